The first kappa shape index (κ1) is 15.0. The molecule has 1 aliphatic carbocycles. The van der Waals surface area contributed by atoms with Crippen LogP contribution in [0.2, 0.25) is 0 Å². The largest absolute Gasteiger partial charge is 0.494 e. The summed E-state index contributed by atoms with van der Waals surface area (Å²) in [7, 11) is 1.69. The van der Waals surface area contributed by atoms with Gasteiger partial charge in [-0.2, -0.15) is 0 Å². The van der Waals surface area contributed by atoms with E-state index in [2.05, 4.69) is 23.3 Å². The summed E-state index contributed by atoms with van der Waals surface area (Å²) in [4.78, 5) is 0. The summed E-state index contributed by atoms with van der Waals surface area (Å²) < 4.78 is 7.47. The predicted octanol–water partition coefficient (Wildman–Crippen LogP) is 3.09. The summed E-state index contributed by atoms with van der Waals surface area (Å²) in [6.07, 6.45) is 6.24. The maximum atomic E-state index is 5.90. The van der Waals surface area contributed by atoms with Gasteiger partial charge in [-0.1, -0.05) is 30.5 Å². The lowest BCUT2D eigenvalue weighted by atomic mass is 9.86. The van der Waals surface area contributed by atoms with Crippen LogP contribution >= 0.6 is 0 Å². The molecule has 2 N–H and O–H groups in total. The van der Waals surface area contributed by atoms with Crippen molar-refractivity contribution in [2.45, 2.75) is 51.5 Å². The van der Waals surface area contributed by atoms with Gasteiger partial charge in [-0.05, 0) is 37.5 Å². The number of aromatic nitrogens is 3. The SMILES string of the molecule is COc1ccc(C)cc1-n1nnc(CN)c1C1CCCCC1. The molecule has 1 saturated carbocycles. The highest BCUT2D eigenvalue weighted by molar-refractivity contribution is 5.49. The summed E-state index contributed by atoms with van der Waals surface area (Å²) in [5, 5.41) is 8.71. The van der Waals surface area contributed by atoms with E-state index >= 15 is 0 Å². The standard InChI is InChI=1S/C17H24N4O/c1-12-8-9-16(22-2)15(10-12)21-17(14(11-18)19-20-21)13-6-4-3-5-7-13/h8-10,13H,3-7,11,18H2,1-2H3. The van der Waals surface area contributed by atoms with Crippen LogP contribution in [-0.4, -0.2) is 22.1 Å². The van der Waals surface area contributed by atoms with Gasteiger partial charge in [0.1, 0.15) is 17.1 Å². The van der Waals surface area contributed by atoms with Crippen LogP contribution in [0.3, 0.4) is 0 Å². The minimum atomic E-state index is 0.431. The summed E-state index contributed by atoms with van der Waals surface area (Å²) in [5.41, 5.74) is 10.1. The Bertz CT molecular complexity index is 644. The van der Waals surface area contributed by atoms with Crippen molar-refractivity contribution < 1.29 is 4.74 Å². The van der Waals surface area contributed by atoms with Crippen molar-refractivity contribution in [1.82, 2.24) is 15.0 Å². The van der Waals surface area contributed by atoms with E-state index in [0.29, 0.717) is 12.5 Å². The average Bonchev–Trinajstić information content (AvgIpc) is 2.99. The zero-order valence-electron chi connectivity index (χ0n) is 13.4. The number of rotatable bonds is 4. The van der Waals surface area contributed by atoms with Gasteiger partial charge in [-0.15, -0.1) is 5.10 Å². The fourth-order valence-corrected chi connectivity index (χ4v) is 3.39. The van der Waals surface area contributed by atoms with E-state index in [-0.39, 0.29) is 0 Å². The highest BCUT2D eigenvalue weighted by Gasteiger charge is 2.25. The van der Waals surface area contributed by atoms with Crippen molar-refractivity contribution in [2.75, 3.05) is 7.11 Å². The van der Waals surface area contributed by atoms with Gasteiger partial charge in [0.25, 0.3) is 0 Å². The Morgan fingerprint density at radius 2 is 2.05 bits per heavy atom. The summed E-state index contributed by atoms with van der Waals surface area (Å²) in [6, 6.07) is 6.13. The van der Waals surface area contributed by atoms with E-state index < -0.39 is 0 Å². The average molecular weight is 300 g/mol. The van der Waals surface area contributed by atoms with Crippen molar-refractivity contribution in [2.24, 2.45) is 5.73 Å². The van der Waals surface area contributed by atoms with Crippen molar-refractivity contribution in [3.8, 4) is 11.4 Å². The molecule has 1 fully saturated rings. The molecule has 0 atom stereocenters. The molecule has 5 heteroatoms. The Balaban J connectivity index is 2.11. The van der Waals surface area contributed by atoms with Crippen LogP contribution in [-0.2, 0) is 6.54 Å². The number of benzene rings is 1. The Morgan fingerprint density at radius 1 is 1.27 bits per heavy atom. The highest BCUT2D eigenvalue weighted by Crippen LogP contribution is 2.36. The fraction of sp³-hybridized carbons (Fsp3) is 0.529. The second kappa shape index (κ2) is 6.48. The minimum Gasteiger partial charge on any atom is -0.494 e. The molecule has 5 nitrogen and oxygen atoms in total. The number of ether oxygens (including phenoxy) is 1. The molecule has 0 spiro atoms. The zero-order chi connectivity index (χ0) is 15.5. The number of aryl methyl sites for hydroxylation is 1. The van der Waals surface area contributed by atoms with Gasteiger partial charge in [0.2, 0.25) is 0 Å². The maximum absolute atomic E-state index is 5.90. The molecule has 1 aromatic heterocycles. The van der Waals surface area contributed by atoms with Crippen LogP contribution in [0.25, 0.3) is 5.69 Å². The van der Waals surface area contributed by atoms with Gasteiger partial charge in [0, 0.05) is 12.5 Å². The number of nitrogens with two attached hydrogens (primary N) is 1. The monoisotopic (exact) mass is 300 g/mol. The highest BCUT2D eigenvalue weighted by atomic mass is 16.5. The molecule has 0 unspecified atom stereocenters. The van der Waals surface area contributed by atoms with Crippen molar-refractivity contribution in [3.05, 3.63) is 35.2 Å². The zero-order valence-corrected chi connectivity index (χ0v) is 13.4. The van der Waals surface area contributed by atoms with E-state index in [1.54, 1.807) is 7.11 Å². The van der Waals surface area contributed by atoms with Crippen LogP contribution in [0.4, 0.5) is 0 Å². The number of methoxy groups -OCH3 is 1. The third-order valence-electron chi connectivity index (χ3n) is 4.53. The third kappa shape index (κ3) is 2.73. The molecule has 3 rings (SSSR count). The molecule has 22 heavy (non-hydrogen) atoms. The first-order valence-electron chi connectivity index (χ1n) is 8.04. The van der Waals surface area contributed by atoms with Gasteiger partial charge in [0.15, 0.2) is 0 Å². The number of nitrogens with zero attached hydrogens (tertiary/aromatic N) is 3. The molecule has 1 aliphatic rings. The molecule has 1 heterocycles. The molecule has 0 aliphatic heterocycles. The van der Waals surface area contributed by atoms with Crippen molar-refractivity contribution >= 4 is 0 Å². The quantitative estimate of drug-likeness (QED) is 0.942. The van der Waals surface area contributed by atoms with Crippen LogP contribution in [0, 0.1) is 6.92 Å². The van der Waals surface area contributed by atoms with Crippen molar-refractivity contribution in [1.29, 1.82) is 0 Å². The summed E-state index contributed by atoms with van der Waals surface area (Å²) in [5.74, 6) is 1.31. The second-order valence-electron chi connectivity index (χ2n) is 6.05. The van der Waals surface area contributed by atoms with Crippen molar-refractivity contribution in [3.63, 3.8) is 0 Å². The van der Waals surface area contributed by atoms with Gasteiger partial charge in [-0.3, -0.25) is 0 Å². The summed E-state index contributed by atoms with van der Waals surface area (Å²) in [6.45, 7) is 2.50. The lowest BCUT2D eigenvalue weighted by Crippen LogP contribution is -2.14. The fourth-order valence-electron chi connectivity index (χ4n) is 3.39. The van der Waals surface area contributed by atoms with Crippen LogP contribution in [0.1, 0.15) is 55.0 Å². The van der Waals surface area contributed by atoms with E-state index in [0.717, 1.165) is 17.1 Å². The molecule has 0 saturated heterocycles. The van der Waals surface area contributed by atoms with E-state index in [1.807, 2.05) is 16.8 Å². The van der Waals surface area contributed by atoms with E-state index in [1.165, 1.54) is 43.4 Å². The second-order valence-corrected chi connectivity index (χ2v) is 6.05. The number of hydrogen-bond acceptors (Lipinski definition) is 4. The Labute approximate surface area is 131 Å². The Kier molecular flexibility index (Phi) is 4.43. The Hall–Kier alpha value is -1.88. The molecule has 1 aromatic carbocycles. The van der Waals surface area contributed by atoms with Crippen LogP contribution in [0.15, 0.2) is 18.2 Å². The van der Waals surface area contributed by atoms with Crippen LogP contribution < -0.4 is 10.5 Å². The topological polar surface area (TPSA) is 66.0 Å². The normalized spacial score (nSPS) is 16.0. The molecule has 118 valence electrons. The molecule has 0 amide bonds. The van der Waals surface area contributed by atoms with Gasteiger partial charge in [0.05, 0.1) is 12.8 Å². The van der Waals surface area contributed by atoms with Gasteiger partial charge in [-0.25, -0.2) is 4.68 Å². The van der Waals surface area contributed by atoms with E-state index in [4.69, 9.17) is 10.5 Å². The molecule has 0 radical (unpaired) electrons. The molecule has 0 bridgehead atoms. The first-order valence-corrected chi connectivity index (χ1v) is 8.04. The van der Waals surface area contributed by atoms with Gasteiger partial charge < -0.3 is 10.5 Å². The maximum Gasteiger partial charge on any atom is 0.144 e. The van der Waals surface area contributed by atoms with E-state index in [9.17, 15) is 0 Å². The van der Waals surface area contributed by atoms with Gasteiger partial charge >= 0.3 is 0 Å². The Morgan fingerprint density at radius 3 is 2.73 bits per heavy atom. The first-order chi connectivity index (χ1) is 10.7. The smallest absolute Gasteiger partial charge is 0.144 e. The predicted molar refractivity (Wildman–Crippen MR) is 86.4 cm³/mol. The molecule has 2 aromatic rings. The molecular formula is C17H24N4O. The summed E-state index contributed by atoms with van der Waals surface area (Å²) >= 11 is 0. The number of hydrogen-bond donors (Lipinski definition) is 1. The lowest BCUT2D eigenvalue weighted by molar-refractivity contribution is 0.405. The molecular weight excluding hydrogens is 276 g/mol. The third-order valence-corrected chi connectivity index (χ3v) is 4.53. The van der Waals surface area contributed by atoms with Crippen LogP contribution in [0.5, 0.6) is 5.75 Å². The minimum absolute atomic E-state index is 0.431. The lowest BCUT2D eigenvalue weighted by Gasteiger charge is -2.23.